The normalized spacial score (nSPS) is 16.8. The molecule has 0 saturated carbocycles. The molecule has 0 aliphatic heterocycles. The SMILES string of the molecule is CCC[C@@](C)(C=O)OC. The Morgan fingerprint density at radius 2 is 2.22 bits per heavy atom. The molecule has 0 aliphatic carbocycles. The van der Waals surface area contributed by atoms with Crippen molar-refractivity contribution in [3.05, 3.63) is 0 Å². The maximum atomic E-state index is 10.3. The molecule has 0 aromatic rings. The van der Waals surface area contributed by atoms with Crippen LogP contribution in [-0.2, 0) is 9.53 Å². The second kappa shape index (κ2) is 3.62. The monoisotopic (exact) mass is 130 g/mol. The molecular formula is C7H14O2. The van der Waals surface area contributed by atoms with Gasteiger partial charge in [0.2, 0.25) is 0 Å². The lowest BCUT2D eigenvalue weighted by atomic mass is 10.0. The lowest BCUT2D eigenvalue weighted by Crippen LogP contribution is -2.28. The lowest BCUT2D eigenvalue weighted by Gasteiger charge is -2.19. The average molecular weight is 130 g/mol. The first kappa shape index (κ1) is 8.63. The first-order valence-electron chi connectivity index (χ1n) is 3.20. The highest BCUT2D eigenvalue weighted by Gasteiger charge is 2.20. The molecule has 9 heavy (non-hydrogen) atoms. The van der Waals surface area contributed by atoms with Gasteiger partial charge in [0.1, 0.15) is 5.60 Å². The van der Waals surface area contributed by atoms with Crippen LogP contribution in [-0.4, -0.2) is 19.0 Å². The molecule has 0 aliphatic rings. The molecule has 0 fully saturated rings. The Labute approximate surface area is 56.2 Å². The first-order chi connectivity index (χ1) is 4.18. The van der Waals surface area contributed by atoms with Gasteiger partial charge in [0.25, 0.3) is 0 Å². The van der Waals surface area contributed by atoms with Gasteiger partial charge < -0.3 is 9.53 Å². The highest BCUT2D eigenvalue weighted by Crippen LogP contribution is 2.12. The Morgan fingerprint density at radius 1 is 1.67 bits per heavy atom. The Morgan fingerprint density at radius 3 is 2.33 bits per heavy atom. The summed E-state index contributed by atoms with van der Waals surface area (Å²) in [6, 6.07) is 0. The minimum absolute atomic E-state index is 0.547. The van der Waals surface area contributed by atoms with E-state index in [1.807, 2.05) is 6.92 Å². The van der Waals surface area contributed by atoms with Crippen LogP contribution in [0.1, 0.15) is 26.7 Å². The van der Waals surface area contributed by atoms with Crippen LogP contribution in [0, 0.1) is 0 Å². The van der Waals surface area contributed by atoms with E-state index in [1.54, 1.807) is 14.0 Å². The maximum absolute atomic E-state index is 10.3. The van der Waals surface area contributed by atoms with Crippen molar-refractivity contribution in [3.63, 3.8) is 0 Å². The molecule has 0 heterocycles. The molecule has 2 heteroatoms. The Bertz CT molecular complexity index is 90.9. The summed E-state index contributed by atoms with van der Waals surface area (Å²) in [7, 11) is 1.56. The summed E-state index contributed by atoms with van der Waals surface area (Å²) >= 11 is 0. The van der Waals surface area contributed by atoms with Crippen molar-refractivity contribution in [3.8, 4) is 0 Å². The van der Waals surface area contributed by atoms with Crippen LogP contribution in [0.3, 0.4) is 0 Å². The summed E-state index contributed by atoms with van der Waals surface area (Å²) in [6.45, 7) is 3.82. The van der Waals surface area contributed by atoms with Gasteiger partial charge in [-0.15, -0.1) is 0 Å². The van der Waals surface area contributed by atoms with Gasteiger partial charge in [-0.3, -0.25) is 0 Å². The molecule has 0 bridgehead atoms. The van der Waals surface area contributed by atoms with E-state index < -0.39 is 5.60 Å². The first-order valence-corrected chi connectivity index (χ1v) is 3.20. The van der Waals surface area contributed by atoms with Gasteiger partial charge in [0.15, 0.2) is 6.29 Å². The zero-order chi connectivity index (χ0) is 7.33. The highest BCUT2D eigenvalue weighted by atomic mass is 16.5. The molecule has 0 N–H and O–H groups in total. The summed E-state index contributed by atoms with van der Waals surface area (Å²) in [5, 5.41) is 0. The van der Waals surface area contributed by atoms with Crippen molar-refractivity contribution in [1.29, 1.82) is 0 Å². The van der Waals surface area contributed by atoms with Crippen LogP contribution in [0.2, 0.25) is 0 Å². The predicted molar refractivity (Wildman–Crippen MR) is 36.4 cm³/mol. The third kappa shape index (κ3) is 2.61. The number of methoxy groups -OCH3 is 1. The summed E-state index contributed by atoms with van der Waals surface area (Å²) in [5.41, 5.74) is -0.547. The highest BCUT2D eigenvalue weighted by molar-refractivity contribution is 5.61. The molecule has 0 radical (unpaired) electrons. The molecule has 0 spiro atoms. The topological polar surface area (TPSA) is 26.3 Å². The zero-order valence-corrected chi connectivity index (χ0v) is 6.31. The smallest absolute Gasteiger partial charge is 0.151 e. The van der Waals surface area contributed by atoms with Gasteiger partial charge >= 0.3 is 0 Å². The number of aldehydes is 1. The van der Waals surface area contributed by atoms with Crippen molar-refractivity contribution in [2.24, 2.45) is 0 Å². The summed E-state index contributed by atoms with van der Waals surface area (Å²) < 4.78 is 4.96. The second-order valence-corrected chi connectivity index (χ2v) is 2.38. The molecule has 2 nitrogen and oxygen atoms in total. The molecule has 0 amide bonds. The summed E-state index contributed by atoms with van der Waals surface area (Å²) in [4.78, 5) is 10.3. The number of carbonyl (C=O) groups excluding carboxylic acids is 1. The molecule has 0 saturated heterocycles. The number of hydrogen-bond acceptors (Lipinski definition) is 2. The number of hydrogen-bond donors (Lipinski definition) is 0. The van der Waals surface area contributed by atoms with Gasteiger partial charge in [0, 0.05) is 7.11 Å². The van der Waals surface area contributed by atoms with Gasteiger partial charge in [-0.1, -0.05) is 13.3 Å². The van der Waals surface area contributed by atoms with Crippen molar-refractivity contribution in [2.75, 3.05) is 7.11 Å². The number of ether oxygens (including phenoxy) is 1. The molecule has 0 rings (SSSR count). The predicted octanol–water partition coefficient (Wildman–Crippen LogP) is 1.39. The van der Waals surface area contributed by atoms with E-state index in [9.17, 15) is 4.79 Å². The molecule has 1 atom stereocenters. The van der Waals surface area contributed by atoms with Crippen molar-refractivity contribution in [2.45, 2.75) is 32.3 Å². The third-order valence-electron chi connectivity index (χ3n) is 1.46. The fourth-order valence-corrected chi connectivity index (χ4v) is 0.705. The van der Waals surface area contributed by atoms with Crippen LogP contribution < -0.4 is 0 Å². The van der Waals surface area contributed by atoms with Gasteiger partial charge in [-0.25, -0.2) is 0 Å². The molecule has 0 aromatic carbocycles. The van der Waals surface area contributed by atoms with E-state index in [1.165, 1.54) is 0 Å². The molecule has 0 aromatic heterocycles. The fourth-order valence-electron chi connectivity index (χ4n) is 0.705. The maximum Gasteiger partial charge on any atom is 0.151 e. The van der Waals surface area contributed by atoms with E-state index >= 15 is 0 Å². The van der Waals surface area contributed by atoms with Crippen molar-refractivity contribution >= 4 is 6.29 Å². The minimum Gasteiger partial charge on any atom is -0.371 e. The van der Waals surface area contributed by atoms with Crippen molar-refractivity contribution < 1.29 is 9.53 Å². The lowest BCUT2D eigenvalue weighted by molar-refractivity contribution is -0.126. The van der Waals surface area contributed by atoms with E-state index in [0.29, 0.717) is 0 Å². The Kier molecular flexibility index (Phi) is 3.47. The van der Waals surface area contributed by atoms with Gasteiger partial charge in [-0.05, 0) is 13.3 Å². The zero-order valence-electron chi connectivity index (χ0n) is 6.31. The van der Waals surface area contributed by atoms with E-state index in [0.717, 1.165) is 19.1 Å². The fraction of sp³-hybridized carbons (Fsp3) is 0.857. The average Bonchev–Trinajstić information content (AvgIpc) is 1.89. The third-order valence-corrected chi connectivity index (χ3v) is 1.46. The number of rotatable bonds is 4. The Balaban J connectivity index is 3.76. The van der Waals surface area contributed by atoms with E-state index in [-0.39, 0.29) is 0 Å². The van der Waals surface area contributed by atoms with E-state index in [2.05, 4.69) is 0 Å². The van der Waals surface area contributed by atoms with Gasteiger partial charge in [0.05, 0.1) is 0 Å². The van der Waals surface area contributed by atoms with Crippen LogP contribution >= 0.6 is 0 Å². The largest absolute Gasteiger partial charge is 0.371 e. The molecular weight excluding hydrogens is 116 g/mol. The quantitative estimate of drug-likeness (QED) is 0.537. The summed E-state index contributed by atoms with van der Waals surface area (Å²) in [6.07, 6.45) is 2.63. The standard InChI is InChI=1S/C7H14O2/c1-4-5-7(2,6-8)9-3/h6H,4-5H2,1-3H3/t7-/m0/s1. The van der Waals surface area contributed by atoms with Crippen LogP contribution in [0.15, 0.2) is 0 Å². The van der Waals surface area contributed by atoms with Crippen LogP contribution in [0.4, 0.5) is 0 Å². The van der Waals surface area contributed by atoms with E-state index in [4.69, 9.17) is 4.74 Å². The van der Waals surface area contributed by atoms with Gasteiger partial charge in [-0.2, -0.15) is 0 Å². The van der Waals surface area contributed by atoms with Crippen LogP contribution in [0.5, 0.6) is 0 Å². The van der Waals surface area contributed by atoms with Crippen LogP contribution in [0.25, 0.3) is 0 Å². The Hall–Kier alpha value is -0.370. The number of carbonyl (C=O) groups is 1. The second-order valence-electron chi connectivity index (χ2n) is 2.38. The molecule has 54 valence electrons. The molecule has 0 unspecified atom stereocenters. The summed E-state index contributed by atoms with van der Waals surface area (Å²) in [5.74, 6) is 0. The van der Waals surface area contributed by atoms with Crippen molar-refractivity contribution in [1.82, 2.24) is 0 Å². The minimum atomic E-state index is -0.547.